The van der Waals surface area contributed by atoms with E-state index in [1.165, 1.54) is 96.0 Å². The first kappa shape index (κ1) is 51.6. The van der Waals surface area contributed by atoms with Crippen LogP contribution in [0.4, 0.5) is 0 Å². The van der Waals surface area contributed by atoms with Crippen molar-refractivity contribution in [2.45, 2.75) is 38.5 Å². The largest absolute Gasteiger partial charge is 0.228 e. The fourth-order valence-electron chi connectivity index (χ4n) is 13.2. The van der Waals surface area contributed by atoms with Crippen LogP contribution in [0.1, 0.15) is 49.9 Å². The van der Waals surface area contributed by atoms with E-state index in [2.05, 4.69) is 216 Å². The van der Waals surface area contributed by atoms with E-state index < -0.39 is 0 Å². The van der Waals surface area contributed by atoms with Gasteiger partial charge in [0.25, 0.3) is 0 Å². The van der Waals surface area contributed by atoms with E-state index in [-0.39, 0.29) is 10.8 Å². The van der Waals surface area contributed by atoms with Crippen molar-refractivity contribution in [3.63, 3.8) is 0 Å². The lowest BCUT2D eigenvalue weighted by Gasteiger charge is -2.21. The second-order valence-corrected chi connectivity index (χ2v) is 25.6. The molecule has 0 saturated carbocycles. The summed E-state index contributed by atoms with van der Waals surface area (Å²) in [5, 5.41) is 5.36. The molecular formula is C79H55N5S2. The van der Waals surface area contributed by atoms with Crippen LogP contribution in [-0.4, -0.2) is 24.9 Å². The molecule has 0 radical (unpaired) electrons. The van der Waals surface area contributed by atoms with Gasteiger partial charge in [0.1, 0.15) is 0 Å². The second kappa shape index (κ2) is 20.3. The van der Waals surface area contributed by atoms with Gasteiger partial charge in [0, 0.05) is 95.7 Å². The summed E-state index contributed by atoms with van der Waals surface area (Å²) < 4.78 is 5.43. The van der Waals surface area contributed by atoms with Crippen LogP contribution in [0.5, 0.6) is 0 Å². The predicted molar refractivity (Wildman–Crippen MR) is 361 cm³/mol. The highest BCUT2D eigenvalue weighted by Gasteiger charge is 2.39. The lowest BCUT2D eigenvalue weighted by Crippen LogP contribution is -2.14. The lowest BCUT2D eigenvalue weighted by molar-refractivity contribution is 0.661. The molecule has 86 heavy (non-hydrogen) atoms. The Morgan fingerprint density at radius 3 is 1.05 bits per heavy atom. The van der Waals surface area contributed by atoms with Crippen LogP contribution < -0.4 is 0 Å². The predicted octanol–water partition coefficient (Wildman–Crippen LogP) is 21.4. The minimum Gasteiger partial charge on any atom is -0.228 e. The van der Waals surface area contributed by atoms with E-state index in [0.717, 1.165) is 50.6 Å². The zero-order chi connectivity index (χ0) is 57.7. The average molecular weight is 1140 g/mol. The zero-order valence-corrected chi connectivity index (χ0v) is 49.5. The average Bonchev–Trinajstić information content (AvgIpc) is 1.59. The first-order valence-electron chi connectivity index (χ1n) is 29.3. The molecule has 408 valence electrons. The van der Waals surface area contributed by atoms with Gasteiger partial charge in [-0.3, -0.25) is 0 Å². The number of aromatic nitrogens is 5. The molecule has 0 saturated heterocycles. The Bertz CT molecular complexity index is 5030. The number of hydrogen-bond acceptors (Lipinski definition) is 7. The van der Waals surface area contributed by atoms with Crippen LogP contribution in [-0.2, 0) is 10.8 Å². The van der Waals surface area contributed by atoms with E-state index in [4.69, 9.17) is 24.9 Å². The number of benzene rings is 11. The first-order chi connectivity index (χ1) is 42.1. The van der Waals surface area contributed by atoms with Gasteiger partial charge in [-0.05, 0) is 74.8 Å². The van der Waals surface area contributed by atoms with Gasteiger partial charge in [0.15, 0.2) is 23.3 Å². The van der Waals surface area contributed by atoms with Gasteiger partial charge < -0.3 is 0 Å². The lowest BCUT2D eigenvalue weighted by atomic mass is 9.82. The number of hydrogen-bond donors (Lipinski definition) is 0. The summed E-state index contributed by atoms with van der Waals surface area (Å²) in [6.45, 7) is 9.40. The normalized spacial score (nSPS) is 13.3. The fourth-order valence-corrected chi connectivity index (χ4v) is 15.7. The molecule has 0 fully saturated rings. The number of thiophene rings is 2. The molecule has 0 amide bonds. The molecule has 2 aliphatic carbocycles. The molecule has 0 aliphatic heterocycles. The Hall–Kier alpha value is -10.1. The maximum atomic E-state index is 5.11. The van der Waals surface area contributed by atoms with Crippen molar-refractivity contribution in [3.8, 4) is 101 Å². The Morgan fingerprint density at radius 2 is 0.593 bits per heavy atom. The topological polar surface area (TPSA) is 64.5 Å². The van der Waals surface area contributed by atoms with Crippen molar-refractivity contribution in [3.05, 3.63) is 283 Å². The van der Waals surface area contributed by atoms with Crippen LogP contribution in [0.3, 0.4) is 0 Å². The van der Waals surface area contributed by atoms with E-state index in [1.807, 2.05) is 95.5 Å². The summed E-state index contributed by atoms with van der Waals surface area (Å²) in [5.74, 6) is 2.75. The van der Waals surface area contributed by atoms with Gasteiger partial charge in [-0.1, -0.05) is 258 Å². The van der Waals surface area contributed by atoms with Crippen molar-refractivity contribution >= 4 is 63.0 Å². The molecule has 11 aromatic carbocycles. The van der Waals surface area contributed by atoms with Crippen molar-refractivity contribution in [2.75, 3.05) is 0 Å². The van der Waals surface area contributed by atoms with E-state index >= 15 is 0 Å². The Kier molecular flexibility index (Phi) is 12.2. The number of rotatable bonds is 7. The van der Waals surface area contributed by atoms with Crippen LogP contribution in [0, 0.1) is 0 Å². The zero-order valence-electron chi connectivity index (χ0n) is 47.9. The SMILES string of the molecule is CC1(C)c2ccc(-c3ccc(-c4nc(-c5ccccc5)nc(-c5ccccc5)n4)cc3)cc2-c2c1ccc1c2sc2ccccc21.CC1(C)c2ccc(-c3nc(-c4ccccc4)cc(-c4ccccc4)n3)cc2-c2c1ccc1c2sc2ccccc21. The number of fused-ring (bicyclic) bond motifs is 14. The molecule has 0 spiro atoms. The maximum absolute atomic E-state index is 5.11. The third-order valence-electron chi connectivity index (χ3n) is 17.7. The monoisotopic (exact) mass is 1140 g/mol. The van der Waals surface area contributed by atoms with Gasteiger partial charge >= 0.3 is 0 Å². The van der Waals surface area contributed by atoms with Crippen LogP contribution in [0.25, 0.3) is 142 Å². The highest BCUT2D eigenvalue weighted by molar-refractivity contribution is 7.26. The first-order valence-corrected chi connectivity index (χ1v) is 30.9. The van der Waals surface area contributed by atoms with Crippen LogP contribution in [0.2, 0.25) is 0 Å². The maximum Gasteiger partial charge on any atom is 0.164 e. The minimum absolute atomic E-state index is 0.0526. The molecule has 0 atom stereocenters. The van der Waals surface area contributed by atoms with Crippen molar-refractivity contribution < 1.29 is 0 Å². The van der Waals surface area contributed by atoms with Crippen molar-refractivity contribution in [2.24, 2.45) is 0 Å². The molecule has 5 nitrogen and oxygen atoms in total. The summed E-state index contributed by atoms with van der Waals surface area (Å²) >= 11 is 3.81. The van der Waals surface area contributed by atoms with Gasteiger partial charge in [0.05, 0.1) is 11.4 Å². The molecule has 15 aromatic rings. The molecule has 7 heteroatoms. The molecule has 17 rings (SSSR count). The van der Waals surface area contributed by atoms with Crippen molar-refractivity contribution in [1.82, 2.24) is 24.9 Å². The molecular weight excluding hydrogens is 1080 g/mol. The van der Waals surface area contributed by atoms with E-state index in [1.54, 1.807) is 0 Å². The molecule has 0 unspecified atom stereocenters. The van der Waals surface area contributed by atoms with Gasteiger partial charge in [0.2, 0.25) is 0 Å². The molecule has 0 N–H and O–H groups in total. The summed E-state index contributed by atoms with van der Waals surface area (Å²) in [4.78, 5) is 24.9. The minimum atomic E-state index is -0.0739. The van der Waals surface area contributed by atoms with Gasteiger partial charge in [-0.15, -0.1) is 22.7 Å². The fraction of sp³-hybridized carbons (Fsp3) is 0.0759. The van der Waals surface area contributed by atoms with Crippen LogP contribution in [0.15, 0.2) is 261 Å². The standard InChI is InChI=1S/C42H29N3S.C37H26N2S/c1-42(2)34-23-21-30(25-33(34)37-35(42)24-22-32-31-15-9-10-16-36(31)46-38(32)37)26-17-19-29(20-18-26)41-44-39(27-11-5-3-6-12-27)43-40(45-41)28-13-7-4-8-14-28;1-37(2)29-19-17-25(21-28(29)34-30(37)20-18-27-26-15-9-10-16-33(26)40-35(27)34)36-38-31(23-11-5-3-6-12-23)22-32(39-36)24-13-7-4-8-14-24/h3-25H,1-2H3;3-22H,1-2H3. The second-order valence-electron chi connectivity index (χ2n) is 23.5. The quantitative estimate of drug-likeness (QED) is 0.159. The van der Waals surface area contributed by atoms with Gasteiger partial charge in [-0.2, -0.15) is 0 Å². The van der Waals surface area contributed by atoms with Crippen molar-refractivity contribution in [1.29, 1.82) is 0 Å². The summed E-state index contributed by atoms with van der Waals surface area (Å²) in [6.07, 6.45) is 0. The third-order valence-corrected chi connectivity index (χ3v) is 20.1. The van der Waals surface area contributed by atoms with E-state index in [9.17, 15) is 0 Å². The Labute approximate surface area is 507 Å². The Morgan fingerprint density at radius 1 is 0.256 bits per heavy atom. The molecule has 0 bridgehead atoms. The molecule has 4 aromatic heterocycles. The highest BCUT2D eigenvalue weighted by atomic mass is 32.1. The summed E-state index contributed by atoms with van der Waals surface area (Å²) in [5.41, 5.74) is 21.2. The Balaban J connectivity index is 0.000000141. The molecule has 2 aliphatic rings. The summed E-state index contributed by atoms with van der Waals surface area (Å²) in [7, 11) is 0. The molecule has 4 heterocycles. The van der Waals surface area contributed by atoms with Gasteiger partial charge in [-0.25, -0.2) is 24.9 Å². The third kappa shape index (κ3) is 8.60. The smallest absolute Gasteiger partial charge is 0.164 e. The number of nitrogens with zero attached hydrogens (tertiary/aromatic N) is 5. The van der Waals surface area contributed by atoms with E-state index in [0.29, 0.717) is 17.5 Å². The van der Waals surface area contributed by atoms with Crippen LogP contribution >= 0.6 is 22.7 Å². The highest BCUT2D eigenvalue weighted by Crippen LogP contribution is 2.56. The summed E-state index contributed by atoms with van der Waals surface area (Å²) in [6, 6.07) is 92.4.